The molecule has 0 atom stereocenters. The zero-order valence-electron chi connectivity index (χ0n) is 16.6. The largest absolute Gasteiger partial charge is 0.302 e. The van der Waals surface area contributed by atoms with Gasteiger partial charge in [-0.15, -0.1) is 0 Å². The molecule has 0 saturated heterocycles. The summed E-state index contributed by atoms with van der Waals surface area (Å²) < 4.78 is 2.09. The minimum atomic E-state index is -0.00516. The SMILES string of the molecule is CCc1ccc2nc(N(CCN(CC)CC)C(=O)c3ccc(Br)cc3)sc2c1. The lowest BCUT2D eigenvalue weighted by Gasteiger charge is -2.24. The van der Waals surface area contributed by atoms with Crippen LogP contribution in [0.2, 0.25) is 0 Å². The van der Waals surface area contributed by atoms with Gasteiger partial charge in [-0.3, -0.25) is 9.69 Å². The number of halogens is 1. The fourth-order valence-electron chi connectivity index (χ4n) is 3.11. The molecule has 0 spiro atoms. The maximum absolute atomic E-state index is 13.3. The standard InChI is InChI=1S/C22H26BrN3OS/c1-4-16-7-12-19-20(15-16)28-22(24-19)26(14-13-25(5-2)6-3)21(27)17-8-10-18(23)11-9-17/h7-12,15H,4-6,13-14H2,1-3H3. The summed E-state index contributed by atoms with van der Waals surface area (Å²) in [4.78, 5) is 22.2. The van der Waals surface area contributed by atoms with E-state index >= 15 is 0 Å². The van der Waals surface area contributed by atoms with Crippen LogP contribution < -0.4 is 4.90 Å². The first-order chi connectivity index (χ1) is 13.5. The molecule has 0 aliphatic rings. The smallest absolute Gasteiger partial charge is 0.260 e. The molecule has 3 rings (SSSR count). The molecule has 148 valence electrons. The molecular formula is C22H26BrN3OS. The summed E-state index contributed by atoms with van der Waals surface area (Å²) in [6.07, 6.45) is 0.993. The van der Waals surface area contributed by atoms with E-state index in [1.165, 1.54) is 5.56 Å². The van der Waals surface area contributed by atoms with Crippen molar-refractivity contribution in [2.45, 2.75) is 27.2 Å². The van der Waals surface area contributed by atoms with E-state index in [0.717, 1.165) is 45.9 Å². The Labute approximate surface area is 179 Å². The number of thiazole rings is 1. The van der Waals surface area contributed by atoms with Crippen LogP contribution in [0.1, 0.15) is 36.7 Å². The van der Waals surface area contributed by atoms with E-state index in [2.05, 4.69) is 59.8 Å². The minimum absolute atomic E-state index is 0.00516. The van der Waals surface area contributed by atoms with Gasteiger partial charge in [-0.25, -0.2) is 4.98 Å². The normalized spacial score (nSPS) is 11.3. The molecule has 0 saturated carbocycles. The maximum Gasteiger partial charge on any atom is 0.260 e. The van der Waals surface area contributed by atoms with Gasteiger partial charge in [0, 0.05) is 23.1 Å². The third kappa shape index (κ3) is 4.80. The first kappa shape index (κ1) is 21.0. The Bertz CT molecular complexity index is 935. The van der Waals surface area contributed by atoms with Crippen molar-refractivity contribution >= 4 is 48.5 Å². The van der Waals surface area contributed by atoms with E-state index in [0.29, 0.717) is 12.1 Å². The van der Waals surface area contributed by atoms with Crippen LogP contribution in [0.25, 0.3) is 10.2 Å². The van der Waals surface area contributed by atoms with Crippen molar-refractivity contribution in [3.8, 4) is 0 Å². The molecular weight excluding hydrogens is 434 g/mol. The van der Waals surface area contributed by atoms with Crippen LogP contribution in [0, 0.1) is 0 Å². The van der Waals surface area contributed by atoms with Crippen LogP contribution in [-0.4, -0.2) is 42.0 Å². The van der Waals surface area contributed by atoms with Gasteiger partial charge in [-0.2, -0.15) is 0 Å². The highest BCUT2D eigenvalue weighted by Crippen LogP contribution is 2.30. The molecule has 0 aliphatic heterocycles. The van der Waals surface area contributed by atoms with Crippen LogP contribution >= 0.6 is 27.3 Å². The van der Waals surface area contributed by atoms with Crippen molar-refractivity contribution < 1.29 is 4.79 Å². The molecule has 0 N–H and O–H groups in total. The molecule has 0 aliphatic carbocycles. The second kappa shape index (κ2) is 9.63. The number of amides is 1. The number of nitrogens with zero attached hydrogens (tertiary/aromatic N) is 3. The number of carbonyl (C=O) groups is 1. The quantitative estimate of drug-likeness (QED) is 0.439. The second-order valence-corrected chi connectivity index (χ2v) is 8.57. The monoisotopic (exact) mass is 459 g/mol. The summed E-state index contributed by atoms with van der Waals surface area (Å²) in [5.41, 5.74) is 2.92. The Morgan fingerprint density at radius 3 is 2.39 bits per heavy atom. The molecule has 1 heterocycles. The maximum atomic E-state index is 13.3. The molecule has 2 aromatic carbocycles. The van der Waals surface area contributed by atoms with Crippen LogP contribution in [0.5, 0.6) is 0 Å². The summed E-state index contributed by atoms with van der Waals surface area (Å²) in [6, 6.07) is 13.9. The summed E-state index contributed by atoms with van der Waals surface area (Å²) in [5, 5.41) is 0.767. The van der Waals surface area contributed by atoms with Crippen molar-refractivity contribution in [3.63, 3.8) is 0 Å². The number of hydrogen-bond acceptors (Lipinski definition) is 4. The average molecular weight is 460 g/mol. The van der Waals surface area contributed by atoms with Crippen molar-refractivity contribution in [1.29, 1.82) is 0 Å². The predicted molar refractivity (Wildman–Crippen MR) is 123 cm³/mol. The molecule has 1 aromatic heterocycles. The fraction of sp³-hybridized carbons (Fsp3) is 0.364. The van der Waals surface area contributed by atoms with Crippen molar-refractivity contribution in [1.82, 2.24) is 9.88 Å². The molecule has 0 radical (unpaired) electrons. The van der Waals surface area contributed by atoms with Gasteiger partial charge >= 0.3 is 0 Å². The lowest BCUT2D eigenvalue weighted by Crippen LogP contribution is -2.38. The molecule has 1 amide bonds. The van der Waals surface area contributed by atoms with Crippen LogP contribution in [0.4, 0.5) is 5.13 Å². The number of fused-ring (bicyclic) bond motifs is 1. The minimum Gasteiger partial charge on any atom is -0.302 e. The number of hydrogen-bond donors (Lipinski definition) is 0. The molecule has 28 heavy (non-hydrogen) atoms. The van der Waals surface area contributed by atoms with Gasteiger partial charge in [0.25, 0.3) is 5.91 Å². The van der Waals surface area contributed by atoms with E-state index in [9.17, 15) is 4.79 Å². The highest BCUT2D eigenvalue weighted by Gasteiger charge is 2.22. The lowest BCUT2D eigenvalue weighted by molar-refractivity contribution is 0.0984. The number of aryl methyl sites for hydroxylation is 1. The Morgan fingerprint density at radius 2 is 1.75 bits per heavy atom. The fourth-order valence-corrected chi connectivity index (χ4v) is 4.42. The van der Waals surface area contributed by atoms with Crippen molar-refractivity contribution in [2.75, 3.05) is 31.1 Å². The summed E-state index contributed by atoms with van der Waals surface area (Å²) >= 11 is 5.03. The molecule has 0 fully saturated rings. The van der Waals surface area contributed by atoms with E-state index in [4.69, 9.17) is 4.98 Å². The number of benzene rings is 2. The second-order valence-electron chi connectivity index (χ2n) is 6.64. The summed E-state index contributed by atoms with van der Waals surface area (Å²) in [6.45, 7) is 9.83. The molecule has 6 heteroatoms. The number of likely N-dealkylation sites (N-methyl/N-ethyl adjacent to an activating group) is 1. The first-order valence-electron chi connectivity index (χ1n) is 9.74. The Kier molecular flexibility index (Phi) is 7.21. The number of rotatable bonds is 8. The highest BCUT2D eigenvalue weighted by atomic mass is 79.9. The highest BCUT2D eigenvalue weighted by molar-refractivity contribution is 9.10. The van der Waals surface area contributed by atoms with Gasteiger partial charge in [-0.05, 0) is 61.5 Å². The van der Waals surface area contributed by atoms with E-state index in [1.807, 2.05) is 29.2 Å². The number of aromatic nitrogens is 1. The van der Waals surface area contributed by atoms with Crippen molar-refractivity contribution in [2.24, 2.45) is 0 Å². The van der Waals surface area contributed by atoms with Crippen LogP contribution in [-0.2, 0) is 6.42 Å². The van der Waals surface area contributed by atoms with Gasteiger partial charge in [0.2, 0.25) is 0 Å². The molecule has 4 nitrogen and oxygen atoms in total. The van der Waals surface area contributed by atoms with Gasteiger partial charge in [0.05, 0.1) is 10.2 Å². The van der Waals surface area contributed by atoms with E-state index in [-0.39, 0.29) is 5.91 Å². The lowest BCUT2D eigenvalue weighted by atomic mass is 10.2. The average Bonchev–Trinajstić information content (AvgIpc) is 3.14. The van der Waals surface area contributed by atoms with Crippen LogP contribution in [0.3, 0.4) is 0 Å². The third-order valence-corrected chi connectivity index (χ3v) is 6.52. The van der Waals surface area contributed by atoms with Gasteiger partial charge in [-0.1, -0.05) is 54.1 Å². The first-order valence-corrected chi connectivity index (χ1v) is 11.4. The Hall–Kier alpha value is -1.76. The molecule has 0 unspecified atom stereocenters. The predicted octanol–water partition coefficient (Wildman–Crippen LogP) is 5.61. The van der Waals surface area contributed by atoms with Crippen molar-refractivity contribution in [3.05, 3.63) is 58.1 Å². The molecule has 3 aromatic rings. The topological polar surface area (TPSA) is 36.4 Å². The van der Waals surface area contributed by atoms with Gasteiger partial charge in [0.1, 0.15) is 0 Å². The number of carbonyl (C=O) groups excluding carboxylic acids is 1. The Morgan fingerprint density at radius 1 is 1.04 bits per heavy atom. The van der Waals surface area contributed by atoms with E-state index in [1.54, 1.807) is 11.3 Å². The Balaban J connectivity index is 1.94. The zero-order chi connectivity index (χ0) is 20.1. The zero-order valence-corrected chi connectivity index (χ0v) is 19.0. The van der Waals surface area contributed by atoms with E-state index < -0.39 is 0 Å². The van der Waals surface area contributed by atoms with Gasteiger partial charge in [0.15, 0.2) is 5.13 Å². The summed E-state index contributed by atoms with van der Waals surface area (Å²) in [7, 11) is 0. The van der Waals surface area contributed by atoms with Gasteiger partial charge < -0.3 is 4.90 Å². The third-order valence-electron chi connectivity index (χ3n) is 4.95. The van der Waals surface area contributed by atoms with Crippen LogP contribution in [0.15, 0.2) is 46.9 Å². The number of anilines is 1. The molecule has 0 bridgehead atoms. The summed E-state index contributed by atoms with van der Waals surface area (Å²) in [5.74, 6) is -0.00516.